The molecular weight excluding hydrogens is 436 g/mol. The number of carbonyl (C=O) groups excluding carboxylic acids is 1. The van der Waals surface area contributed by atoms with Crippen LogP contribution in [0.25, 0.3) is 22.4 Å². The monoisotopic (exact) mass is 460 g/mol. The van der Waals surface area contributed by atoms with E-state index >= 15 is 0 Å². The van der Waals surface area contributed by atoms with E-state index in [0.717, 1.165) is 41.7 Å². The number of para-hydroxylation sites is 2. The Hall–Kier alpha value is -3.49. The number of sulfonamides is 1. The molecule has 2 N–H and O–H groups in total. The summed E-state index contributed by atoms with van der Waals surface area (Å²) in [7, 11) is -3.73. The zero-order valence-corrected chi connectivity index (χ0v) is 18.8. The van der Waals surface area contributed by atoms with Crippen molar-refractivity contribution in [2.75, 3.05) is 18.4 Å². The molecule has 1 aliphatic heterocycles. The largest absolute Gasteiger partial charge is 0.338 e. The van der Waals surface area contributed by atoms with Gasteiger partial charge in [-0.15, -0.1) is 0 Å². The first-order valence-corrected chi connectivity index (χ1v) is 12.4. The minimum atomic E-state index is -3.73. The van der Waals surface area contributed by atoms with E-state index in [1.54, 1.807) is 30.3 Å². The van der Waals surface area contributed by atoms with Crippen LogP contribution >= 0.6 is 0 Å². The molecule has 0 unspecified atom stereocenters. The highest BCUT2D eigenvalue weighted by atomic mass is 32.2. The van der Waals surface area contributed by atoms with Gasteiger partial charge in [0.15, 0.2) is 0 Å². The number of fused-ring (bicyclic) bond motifs is 1. The Labute approximate surface area is 192 Å². The fraction of sp³-hybridized carbons (Fsp3) is 0.200. The predicted molar refractivity (Wildman–Crippen MR) is 129 cm³/mol. The van der Waals surface area contributed by atoms with Crippen molar-refractivity contribution in [2.24, 2.45) is 0 Å². The van der Waals surface area contributed by atoms with Crippen LogP contribution in [0.3, 0.4) is 0 Å². The van der Waals surface area contributed by atoms with E-state index in [0.29, 0.717) is 18.8 Å². The summed E-state index contributed by atoms with van der Waals surface area (Å²) in [5, 5.41) is 2.83. The van der Waals surface area contributed by atoms with Gasteiger partial charge in [0.2, 0.25) is 10.0 Å². The van der Waals surface area contributed by atoms with Crippen LogP contribution in [0, 0.1) is 0 Å². The fourth-order valence-corrected chi connectivity index (χ4v) is 5.83. The van der Waals surface area contributed by atoms with Gasteiger partial charge in [-0.3, -0.25) is 4.79 Å². The third-order valence-electron chi connectivity index (χ3n) is 5.87. The lowest BCUT2D eigenvalue weighted by atomic mass is 10.1. The molecule has 1 amide bonds. The first kappa shape index (κ1) is 21.4. The molecule has 1 aromatic heterocycles. The van der Waals surface area contributed by atoms with Gasteiger partial charge in [-0.1, -0.05) is 30.7 Å². The third kappa shape index (κ3) is 4.27. The van der Waals surface area contributed by atoms with Gasteiger partial charge in [0.05, 0.1) is 21.5 Å². The molecule has 0 atom stereocenters. The van der Waals surface area contributed by atoms with Gasteiger partial charge in [-0.05, 0) is 61.4 Å². The summed E-state index contributed by atoms with van der Waals surface area (Å²) in [6.07, 6.45) is 2.70. The van der Waals surface area contributed by atoms with Gasteiger partial charge in [-0.2, -0.15) is 4.31 Å². The van der Waals surface area contributed by atoms with Gasteiger partial charge in [0.1, 0.15) is 5.82 Å². The second-order valence-electron chi connectivity index (χ2n) is 8.09. The third-order valence-corrected chi connectivity index (χ3v) is 7.83. The summed E-state index contributed by atoms with van der Waals surface area (Å²) >= 11 is 0. The molecule has 1 saturated heterocycles. The standard InChI is InChI=1S/C25H24N4O3S/c30-25(20-8-2-5-11-23(20)33(31,32)29-16-6-1-7-17-29)26-19-14-12-18(13-15-19)24-27-21-9-3-4-10-22(21)28-24/h2-5,8-15H,1,6-7,16-17H2,(H,26,30)(H,27,28). The minimum absolute atomic E-state index is 0.0447. The SMILES string of the molecule is O=C(Nc1ccc(-c2nc3ccccc3[nH]2)cc1)c1ccccc1S(=O)(=O)N1CCCCC1. The molecule has 5 rings (SSSR count). The van der Waals surface area contributed by atoms with Crippen LogP contribution in [-0.4, -0.2) is 41.7 Å². The second-order valence-corrected chi connectivity index (χ2v) is 10.0. The van der Waals surface area contributed by atoms with Crippen LogP contribution in [0.5, 0.6) is 0 Å². The highest BCUT2D eigenvalue weighted by molar-refractivity contribution is 7.89. The van der Waals surface area contributed by atoms with Crippen LogP contribution in [0.2, 0.25) is 0 Å². The van der Waals surface area contributed by atoms with Gasteiger partial charge in [0, 0.05) is 24.3 Å². The van der Waals surface area contributed by atoms with Gasteiger partial charge in [0.25, 0.3) is 5.91 Å². The lowest BCUT2D eigenvalue weighted by Crippen LogP contribution is -2.36. The number of nitrogens with one attached hydrogen (secondary N) is 2. The van der Waals surface area contributed by atoms with Crippen LogP contribution < -0.4 is 5.32 Å². The predicted octanol–water partition coefficient (Wildman–Crippen LogP) is 4.66. The number of rotatable bonds is 5. The molecule has 0 radical (unpaired) electrons. The normalized spacial score (nSPS) is 14.9. The summed E-state index contributed by atoms with van der Waals surface area (Å²) in [6.45, 7) is 0.975. The number of H-pyrrole nitrogens is 1. The van der Waals surface area contributed by atoms with Crippen molar-refractivity contribution in [2.45, 2.75) is 24.2 Å². The average molecular weight is 461 g/mol. The minimum Gasteiger partial charge on any atom is -0.338 e. The van der Waals surface area contributed by atoms with Crippen molar-refractivity contribution < 1.29 is 13.2 Å². The number of hydrogen-bond donors (Lipinski definition) is 2. The molecular formula is C25H24N4O3S. The van der Waals surface area contributed by atoms with Crippen molar-refractivity contribution in [1.82, 2.24) is 14.3 Å². The van der Waals surface area contributed by atoms with Crippen molar-refractivity contribution in [3.63, 3.8) is 0 Å². The summed E-state index contributed by atoms with van der Waals surface area (Å²) in [5.74, 6) is 0.287. The Kier molecular flexibility index (Phi) is 5.70. The number of anilines is 1. The molecule has 1 aliphatic rings. The lowest BCUT2D eigenvalue weighted by molar-refractivity contribution is 0.102. The lowest BCUT2D eigenvalue weighted by Gasteiger charge is -2.26. The highest BCUT2D eigenvalue weighted by Crippen LogP contribution is 2.25. The van der Waals surface area contributed by atoms with Gasteiger partial charge >= 0.3 is 0 Å². The topological polar surface area (TPSA) is 95.2 Å². The molecule has 33 heavy (non-hydrogen) atoms. The Morgan fingerprint density at radius 2 is 1.58 bits per heavy atom. The average Bonchev–Trinajstić information content (AvgIpc) is 3.29. The maximum Gasteiger partial charge on any atom is 0.257 e. The Morgan fingerprint density at radius 3 is 2.33 bits per heavy atom. The second kappa shape index (κ2) is 8.80. The molecule has 3 aromatic carbocycles. The zero-order valence-electron chi connectivity index (χ0n) is 18.0. The summed E-state index contributed by atoms with van der Waals surface area (Å²) in [6, 6.07) is 21.5. The number of amides is 1. The van der Waals surface area contributed by atoms with Gasteiger partial charge < -0.3 is 10.3 Å². The van der Waals surface area contributed by atoms with Crippen LogP contribution in [0.15, 0.2) is 77.7 Å². The van der Waals surface area contributed by atoms with E-state index in [2.05, 4.69) is 15.3 Å². The first-order valence-electron chi connectivity index (χ1n) is 11.0. The maximum absolute atomic E-state index is 13.2. The van der Waals surface area contributed by atoms with Crippen molar-refractivity contribution in [3.05, 3.63) is 78.4 Å². The first-order chi connectivity index (χ1) is 16.0. The highest BCUT2D eigenvalue weighted by Gasteiger charge is 2.29. The van der Waals surface area contributed by atoms with Crippen LogP contribution in [-0.2, 0) is 10.0 Å². The number of aromatic nitrogens is 2. The molecule has 2 heterocycles. The fourth-order valence-electron chi connectivity index (χ4n) is 4.12. The molecule has 0 spiro atoms. The molecule has 0 bridgehead atoms. The van der Waals surface area contributed by atoms with Crippen molar-refractivity contribution in [3.8, 4) is 11.4 Å². The van der Waals surface area contributed by atoms with Crippen LogP contribution in [0.4, 0.5) is 5.69 Å². The molecule has 0 aliphatic carbocycles. The summed E-state index contributed by atoms with van der Waals surface area (Å²) < 4.78 is 27.8. The van der Waals surface area contributed by atoms with E-state index in [1.165, 1.54) is 10.4 Å². The van der Waals surface area contributed by atoms with E-state index in [9.17, 15) is 13.2 Å². The number of hydrogen-bond acceptors (Lipinski definition) is 4. The number of benzene rings is 3. The molecule has 7 nitrogen and oxygen atoms in total. The van der Waals surface area contributed by atoms with E-state index in [1.807, 2.05) is 36.4 Å². The number of nitrogens with zero attached hydrogens (tertiary/aromatic N) is 2. The number of carbonyl (C=O) groups is 1. The van der Waals surface area contributed by atoms with Gasteiger partial charge in [-0.25, -0.2) is 13.4 Å². The molecule has 168 valence electrons. The molecule has 4 aromatic rings. The number of piperidine rings is 1. The number of imidazole rings is 1. The Balaban J connectivity index is 1.37. The smallest absolute Gasteiger partial charge is 0.257 e. The Morgan fingerprint density at radius 1 is 0.879 bits per heavy atom. The molecule has 0 saturated carbocycles. The molecule has 8 heteroatoms. The van der Waals surface area contributed by atoms with Crippen LogP contribution in [0.1, 0.15) is 29.6 Å². The van der Waals surface area contributed by atoms with Crippen molar-refractivity contribution in [1.29, 1.82) is 0 Å². The zero-order chi connectivity index (χ0) is 22.8. The summed E-state index contributed by atoms with van der Waals surface area (Å²) in [5.41, 5.74) is 3.44. The quantitative estimate of drug-likeness (QED) is 0.453. The molecule has 1 fully saturated rings. The Bertz CT molecular complexity index is 1370. The van der Waals surface area contributed by atoms with Crippen molar-refractivity contribution >= 4 is 32.7 Å². The summed E-state index contributed by atoms with van der Waals surface area (Å²) in [4.78, 5) is 20.9. The van der Waals surface area contributed by atoms with E-state index in [4.69, 9.17) is 0 Å². The van der Waals surface area contributed by atoms with E-state index < -0.39 is 15.9 Å². The maximum atomic E-state index is 13.2. The van der Waals surface area contributed by atoms with E-state index in [-0.39, 0.29) is 10.5 Å². The number of aromatic amines is 1.